The summed E-state index contributed by atoms with van der Waals surface area (Å²) in [6, 6.07) is 9.00. The van der Waals surface area contributed by atoms with Gasteiger partial charge in [-0.25, -0.2) is 9.97 Å². The Morgan fingerprint density at radius 3 is 2.35 bits per heavy atom. The molecule has 0 saturated heterocycles. The molecule has 8 nitrogen and oxygen atoms in total. The number of anilines is 1. The average molecular weight is 455 g/mol. The number of alkyl halides is 3. The van der Waals surface area contributed by atoms with E-state index in [2.05, 4.69) is 24.4 Å². The zero-order valence-corrected chi connectivity index (χ0v) is 17.5. The number of nitrogens with zero attached hydrogens (tertiary/aromatic N) is 3. The van der Waals surface area contributed by atoms with Crippen LogP contribution in [0, 0.1) is 6.92 Å². The van der Waals surface area contributed by atoms with E-state index in [1.54, 1.807) is 32.0 Å². The van der Waals surface area contributed by atoms with Gasteiger partial charge in [0.15, 0.2) is 0 Å². The van der Waals surface area contributed by atoms with Crippen LogP contribution in [0.25, 0.3) is 11.0 Å². The van der Waals surface area contributed by atoms with Crippen molar-refractivity contribution in [3.63, 3.8) is 0 Å². The van der Waals surface area contributed by atoms with E-state index in [1.807, 2.05) is 0 Å². The van der Waals surface area contributed by atoms with Gasteiger partial charge in [-0.1, -0.05) is 25.1 Å². The Kier molecular flexibility index (Phi) is 6.60. The third-order valence-electron chi connectivity index (χ3n) is 4.08. The van der Waals surface area contributed by atoms with E-state index in [0.29, 0.717) is 12.1 Å². The normalized spacial score (nSPS) is 13.2. The number of fused-ring (bicyclic) bond motifs is 1. The van der Waals surface area contributed by atoms with Crippen LogP contribution in [0.2, 0.25) is 0 Å². The van der Waals surface area contributed by atoms with Crippen molar-refractivity contribution in [2.45, 2.75) is 32.5 Å². The lowest BCUT2D eigenvalue weighted by molar-refractivity contribution is -0.198. The van der Waals surface area contributed by atoms with E-state index < -0.39 is 34.2 Å². The molecule has 0 aliphatic carbocycles. The van der Waals surface area contributed by atoms with Crippen LogP contribution in [0.3, 0.4) is 0 Å². The first-order valence-electron chi connectivity index (χ1n) is 9.29. The first-order valence-corrected chi connectivity index (χ1v) is 10.8. The van der Waals surface area contributed by atoms with Crippen molar-refractivity contribution >= 4 is 27.1 Å². The summed E-state index contributed by atoms with van der Waals surface area (Å²) in [6.45, 7) is 3.53. The summed E-state index contributed by atoms with van der Waals surface area (Å²) >= 11 is 0. The molecule has 2 aromatic heterocycles. The number of hydrogen-bond acceptors (Lipinski definition) is 6. The Balaban J connectivity index is 2.06. The van der Waals surface area contributed by atoms with Crippen LogP contribution in [0.4, 0.5) is 19.0 Å². The third kappa shape index (κ3) is 5.79. The highest BCUT2D eigenvalue weighted by Crippen LogP contribution is 2.38. The third-order valence-corrected chi connectivity index (χ3v) is 5.12. The molecule has 0 radical (unpaired) electrons. The molecule has 0 saturated carbocycles. The number of ether oxygens (including phenoxy) is 1. The lowest BCUT2D eigenvalue weighted by Crippen LogP contribution is -2.32. The number of halogens is 3. The van der Waals surface area contributed by atoms with Gasteiger partial charge in [-0.3, -0.25) is 9.71 Å². The molecule has 12 heteroatoms. The van der Waals surface area contributed by atoms with Crippen molar-refractivity contribution in [1.82, 2.24) is 19.7 Å². The summed E-state index contributed by atoms with van der Waals surface area (Å²) in [5, 5.41) is 0. The molecule has 166 valence electrons. The standard InChI is InChI=1S/C19H20F3N5O3S/c1-3-10-24-31(28,29)27-17-18(26-15-7-5-4-6-14(15)25-17)30-16(19(20,21)22)13-9-8-12(2)23-11-13/h4-9,11,16,24H,3,10H2,1-2H3,(H,25,27)/t16-/m1/s1. The fourth-order valence-corrected chi connectivity index (χ4v) is 3.53. The number of para-hydroxylation sites is 2. The number of nitrogens with one attached hydrogen (secondary N) is 2. The Labute approximate surface area is 177 Å². The quantitative estimate of drug-likeness (QED) is 0.537. The predicted molar refractivity (Wildman–Crippen MR) is 109 cm³/mol. The lowest BCUT2D eigenvalue weighted by Gasteiger charge is -2.22. The first-order chi connectivity index (χ1) is 14.6. The topological polar surface area (TPSA) is 106 Å². The van der Waals surface area contributed by atoms with Crippen molar-refractivity contribution in [3.05, 3.63) is 53.9 Å². The van der Waals surface area contributed by atoms with Gasteiger partial charge in [0, 0.05) is 24.0 Å². The average Bonchev–Trinajstić information content (AvgIpc) is 2.70. The van der Waals surface area contributed by atoms with Gasteiger partial charge in [-0.05, 0) is 31.5 Å². The first kappa shape index (κ1) is 22.7. The van der Waals surface area contributed by atoms with E-state index in [9.17, 15) is 21.6 Å². The van der Waals surface area contributed by atoms with E-state index in [-0.39, 0.29) is 23.1 Å². The molecule has 0 aliphatic heterocycles. The highest BCUT2D eigenvalue weighted by Gasteiger charge is 2.44. The molecule has 2 N–H and O–H groups in total. The minimum Gasteiger partial charge on any atom is -0.457 e. The molecule has 0 spiro atoms. The van der Waals surface area contributed by atoms with Crippen LogP contribution in [0.1, 0.15) is 30.7 Å². The SMILES string of the molecule is CCCNS(=O)(=O)Nc1nc2ccccc2nc1O[C@H](c1ccc(C)nc1)C(F)(F)F. The monoisotopic (exact) mass is 455 g/mol. The van der Waals surface area contributed by atoms with Gasteiger partial charge >= 0.3 is 6.18 Å². The maximum atomic E-state index is 13.8. The summed E-state index contributed by atoms with van der Waals surface area (Å²) in [4.78, 5) is 12.1. The van der Waals surface area contributed by atoms with E-state index >= 15 is 0 Å². The number of pyridine rings is 1. The van der Waals surface area contributed by atoms with Crippen LogP contribution in [0.15, 0.2) is 42.6 Å². The molecular weight excluding hydrogens is 435 g/mol. The van der Waals surface area contributed by atoms with Crippen LogP contribution in [0.5, 0.6) is 5.88 Å². The maximum Gasteiger partial charge on any atom is 0.429 e. The Morgan fingerprint density at radius 2 is 1.77 bits per heavy atom. The smallest absolute Gasteiger partial charge is 0.429 e. The maximum absolute atomic E-state index is 13.8. The molecule has 0 amide bonds. The second kappa shape index (κ2) is 9.02. The fraction of sp³-hybridized carbons (Fsp3) is 0.316. The molecule has 0 fully saturated rings. The molecule has 31 heavy (non-hydrogen) atoms. The highest BCUT2D eigenvalue weighted by molar-refractivity contribution is 7.90. The molecule has 2 heterocycles. The van der Waals surface area contributed by atoms with E-state index in [0.717, 1.165) is 6.20 Å². The van der Waals surface area contributed by atoms with Crippen molar-refractivity contribution in [2.24, 2.45) is 0 Å². The van der Waals surface area contributed by atoms with Gasteiger partial charge < -0.3 is 4.74 Å². The van der Waals surface area contributed by atoms with Crippen molar-refractivity contribution in [1.29, 1.82) is 0 Å². The molecule has 0 aliphatic rings. The summed E-state index contributed by atoms with van der Waals surface area (Å²) < 4.78 is 75.5. The Morgan fingerprint density at radius 1 is 1.10 bits per heavy atom. The van der Waals surface area contributed by atoms with Gasteiger partial charge in [0.2, 0.25) is 11.9 Å². The van der Waals surface area contributed by atoms with Gasteiger partial charge in [-0.15, -0.1) is 0 Å². The number of aromatic nitrogens is 3. The summed E-state index contributed by atoms with van der Waals surface area (Å²) in [5.41, 5.74) is 0.796. The van der Waals surface area contributed by atoms with Gasteiger partial charge in [0.25, 0.3) is 16.1 Å². The minimum atomic E-state index is -4.82. The zero-order chi connectivity index (χ0) is 22.6. The Hall–Kier alpha value is -2.99. The molecule has 3 aromatic rings. The number of aryl methyl sites for hydroxylation is 1. The highest BCUT2D eigenvalue weighted by atomic mass is 32.2. The second-order valence-corrected chi connectivity index (χ2v) is 8.14. The van der Waals surface area contributed by atoms with Crippen LogP contribution >= 0.6 is 0 Å². The van der Waals surface area contributed by atoms with Gasteiger partial charge in [0.05, 0.1) is 11.0 Å². The van der Waals surface area contributed by atoms with Crippen LogP contribution in [-0.4, -0.2) is 36.1 Å². The van der Waals surface area contributed by atoms with E-state index in [4.69, 9.17) is 4.74 Å². The number of rotatable bonds is 8. The molecule has 3 rings (SSSR count). The van der Waals surface area contributed by atoms with Crippen LogP contribution < -0.4 is 14.2 Å². The van der Waals surface area contributed by atoms with Gasteiger partial charge in [-0.2, -0.15) is 26.3 Å². The van der Waals surface area contributed by atoms with Gasteiger partial charge in [0.1, 0.15) is 0 Å². The van der Waals surface area contributed by atoms with Crippen molar-refractivity contribution < 1.29 is 26.3 Å². The summed E-state index contributed by atoms with van der Waals surface area (Å²) in [6.07, 6.45) is -5.68. The van der Waals surface area contributed by atoms with Crippen LogP contribution in [-0.2, 0) is 10.2 Å². The molecule has 1 atom stereocenters. The molecule has 0 bridgehead atoms. The second-order valence-electron chi connectivity index (χ2n) is 6.64. The van der Waals surface area contributed by atoms with Crippen molar-refractivity contribution in [3.8, 4) is 5.88 Å². The number of hydrogen-bond donors (Lipinski definition) is 2. The summed E-state index contributed by atoms with van der Waals surface area (Å²) in [5.74, 6) is -1.07. The minimum absolute atomic E-state index is 0.132. The summed E-state index contributed by atoms with van der Waals surface area (Å²) in [7, 11) is -4.11. The number of benzene rings is 1. The fourth-order valence-electron chi connectivity index (χ4n) is 2.60. The van der Waals surface area contributed by atoms with E-state index in [1.165, 1.54) is 18.2 Å². The molecule has 1 aromatic carbocycles. The van der Waals surface area contributed by atoms with Crippen molar-refractivity contribution in [2.75, 3.05) is 11.3 Å². The largest absolute Gasteiger partial charge is 0.457 e. The lowest BCUT2D eigenvalue weighted by atomic mass is 10.1. The zero-order valence-electron chi connectivity index (χ0n) is 16.6. The molecular formula is C19H20F3N5O3S. The Bertz CT molecular complexity index is 1150. The molecule has 0 unspecified atom stereocenters. The predicted octanol–water partition coefficient (Wildman–Crippen LogP) is 3.67.